The smallest absolute Gasteiger partial charge is 0.246 e. The standard InChI is InChI=1S/C25H27N3O3/c1-3-4-13-27-15-22(29)28-21(25(27)30)14-19-18-7-5-6-8-20(18)26-23(19)24(28)16-9-11-17(31-2)12-10-16/h5-12,21,24,26H,3-4,13-15H2,1-2H3. The second-order valence-electron chi connectivity index (χ2n) is 8.37. The molecule has 160 valence electrons. The lowest BCUT2D eigenvalue weighted by Gasteiger charge is -2.47. The van der Waals surface area contributed by atoms with E-state index in [2.05, 4.69) is 24.0 Å². The molecule has 1 aromatic heterocycles. The Balaban J connectivity index is 1.65. The van der Waals surface area contributed by atoms with Gasteiger partial charge >= 0.3 is 0 Å². The van der Waals surface area contributed by atoms with Gasteiger partial charge in [0, 0.05) is 29.6 Å². The van der Waals surface area contributed by atoms with Gasteiger partial charge in [0.25, 0.3) is 0 Å². The Kier molecular flexibility index (Phi) is 4.93. The molecule has 1 N–H and O–H groups in total. The normalized spacial score (nSPS) is 20.7. The van der Waals surface area contributed by atoms with Crippen LogP contribution in [-0.4, -0.2) is 52.8 Å². The molecule has 0 radical (unpaired) electrons. The van der Waals surface area contributed by atoms with E-state index in [1.807, 2.05) is 41.3 Å². The van der Waals surface area contributed by atoms with Crippen molar-refractivity contribution in [1.82, 2.24) is 14.8 Å². The summed E-state index contributed by atoms with van der Waals surface area (Å²) < 4.78 is 5.32. The van der Waals surface area contributed by atoms with E-state index in [4.69, 9.17) is 4.74 Å². The summed E-state index contributed by atoms with van der Waals surface area (Å²) in [4.78, 5) is 33.9. The minimum absolute atomic E-state index is 0.00540. The molecule has 2 aliphatic rings. The summed E-state index contributed by atoms with van der Waals surface area (Å²) in [6.07, 6.45) is 2.44. The highest BCUT2D eigenvalue weighted by Gasteiger charge is 2.47. The first-order valence-electron chi connectivity index (χ1n) is 11.0. The van der Waals surface area contributed by atoms with Gasteiger partial charge in [-0.1, -0.05) is 43.7 Å². The second-order valence-corrected chi connectivity index (χ2v) is 8.37. The number of amides is 2. The maximum Gasteiger partial charge on any atom is 0.246 e. The topological polar surface area (TPSA) is 65.6 Å². The van der Waals surface area contributed by atoms with Crippen LogP contribution in [0.3, 0.4) is 0 Å². The SMILES string of the molecule is CCCCN1CC(=O)N2C(Cc3c([nH]c4ccccc34)C2c2ccc(OC)cc2)C1=O. The van der Waals surface area contributed by atoms with Gasteiger partial charge in [-0.3, -0.25) is 9.59 Å². The Labute approximate surface area is 181 Å². The number of H-pyrrole nitrogens is 1. The summed E-state index contributed by atoms with van der Waals surface area (Å²) in [5, 5.41) is 1.13. The van der Waals surface area contributed by atoms with Crippen LogP contribution in [0.15, 0.2) is 48.5 Å². The average Bonchev–Trinajstić information content (AvgIpc) is 3.17. The van der Waals surface area contributed by atoms with Crippen LogP contribution in [0, 0.1) is 0 Å². The predicted molar refractivity (Wildman–Crippen MR) is 119 cm³/mol. The van der Waals surface area contributed by atoms with Crippen LogP contribution >= 0.6 is 0 Å². The molecule has 3 aromatic rings. The summed E-state index contributed by atoms with van der Waals surface area (Å²) in [5.74, 6) is 0.827. The number of methoxy groups -OCH3 is 1. The quantitative estimate of drug-likeness (QED) is 0.689. The number of ether oxygens (including phenoxy) is 1. The number of carbonyl (C=O) groups excluding carboxylic acids is 2. The van der Waals surface area contributed by atoms with Gasteiger partial charge in [-0.2, -0.15) is 0 Å². The number of benzene rings is 2. The molecule has 2 aromatic carbocycles. The van der Waals surface area contributed by atoms with E-state index >= 15 is 0 Å². The van der Waals surface area contributed by atoms with Gasteiger partial charge in [-0.25, -0.2) is 0 Å². The highest BCUT2D eigenvalue weighted by atomic mass is 16.5. The van der Waals surface area contributed by atoms with Gasteiger partial charge in [-0.05, 0) is 35.7 Å². The molecule has 6 heteroatoms. The molecule has 1 saturated heterocycles. The number of fused-ring (bicyclic) bond motifs is 4. The molecule has 3 heterocycles. The van der Waals surface area contributed by atoms with Crippen molar-refractivity contribution in [1.29, 1.82) is 0 Å². The molecule has 0 saturated carbocycles. The first kappa shape index (κ1) is 19.7. The third-order valence-corrected chi connectivity index (χ3v) is 6.56. The Bertz CT molecular complexity index is 1130. The molecule has 0 spiro atoms. The van der Waals surface area contributed by atoms with E-state index in [0.717, 1.165) is 46.3 Å². The summed E-state index contributed by atoms with van der Waals surface area (Å²) in [6, 6.07) is 15.2. The van der Waals surface area contributed by atoms with Crippen LogP contribution in [0.1, 0.15) is 42.6 Å². The summed E-state index contributed by atoms with van der Waals surface area (Å²) in [6.45, 7) is 2.89. The number of piperazine rings is 1. The predicted octanol–water partition coefficient (Wildman–Crippen LogP) is 3.66. The zero-order chi connectivity index (χ0) is 21.5. The van der Waals surface area contributed by atoms with E-state index in [9.17, 15) is 9.59 Å². The first-order chi connectivity index (χ1) is 15.1. The lowest BCUT2D eigenvalue weighted by molar-refractivity contribution is -0.158. The highest BCUT2D eigenvalue weighted by molar-refractivity contribution is 5.97. The monoisotopic (exact) mass is 417 g/mol. The number of hydrogen-bond donors (Lipinski definition) is 1. The van der Waals surface area contributed by atoms with Crippen LogP contribution in [0.4, 0.5) is 0 Å². The fourth-order valence-electron chi connectivity index (χ4n) is 4.99. The van der Waals surface area contributed by atoms with E-state index in [1.54, 1.807) is 12.0 Å². The van der Waals surface area contributed by atoms with Gasteiger partial charge in [-0.15, -0.1) is 0 Å². The Morgan fingerprint density at radius 1 is 1.10 bits per heavy atom. The molecule has 2 unspecified atom stereocenters. The third-order valence-electron chi connectivity index (χ3n) is 6.56. The van der Waals surface area contributed by atoms with Gasteiger partial charge in [0.05, 0.1) is 19.7 Å². The number of carbonyl (C=O) groups is 2. The summed E-state index contributed by atoms with van der Waals surface area (Å²) >= 11 is 0. The van der Waals surface area contributed by atoms with Crippen LogP contribution in [0.5, 0.6) is 5.75 Å². The second kappa shape index (κ2) is 7.76. The largest absolute Gasteiger partial charge is 0.497 e. The lowest BCUT2D eigenvalue weighted by atomic mass is 9.86. The Morgan fingerprint density at radius 3 is 2.61 bits per heavy atom. The van der Waals surface area contributed by atoms with Crippen molar-refractivity contribution in [3.8, 4) is 5.75 Å². The molecule has 0 aliphatic carbocycles. The fourth-order valence-corrected chi connectivity index (χ4v) is 4.99. The van der Waals surface area contributed by atoms with Crippen LogP contribution < -0.4 is 4.74 Å². The molecule has 5 rings (SSSR count). The molecule has 2 atom stereocenters. The van der Waals surface area contributed by atoms with Crippen LogP contribution in [-0.2, 0) is 16.0 Å². The fraction of sp³-hybridized carbons (Fsp3) is 0.360. The number of aromatic nitrogens is 1. The minimum Gasteiger partial charge on any atom is -0.497 e. The van der Waals surface area contributed by atoms with Gasteiger partial charge in [0.1, 0.15) is 11.8 Å². The number of rotatable bonds is 5. The van der Waals surface area contributed by atoms with E-state index < -0.39 is 6.04 Å². The Hall–Kier alpha value is -3.28. The van der Waals surface area contributed by atoms with Crippen molar-refractivity contribution < 1.29 is 14.3 Å². The number of hydrogen-bond acceptors (Lipinski definition) is 3. The minimum atomic E-state index is -0.475. The number of unbranched alkanes of at least 4 members (excludes halogenated alkanes) is 1. The summed E-state index contributed by atoms with van der Waals surface area (Å²) in [7, 11) is 1.64. The molecular weight excluding hydrogens is 390 g/mol. The van der Waals surface area contributed by atoms with Crippen molar-refractivity contribution in [3.63, 3.8) is 0 Å². The summed E-state index contributed by atoms with van der Waals surface area (Å²) in [5.41, 5.74) is 4.15. The van der Waals surface area contributed by atoms with Gasteiger partial charge in [0.2, 0.25) is 11.8 Å². The zero-order valence-corrected chi connectivity index (χ0v) is 17.9. The molecule has 0 bridgehead atoms. The van der Waals surface area contributed by atoms with Crippen molar-refractivity contribution in [3.05, 3.63) is 65.4 Å². The Morgan fingerprint density at radius 2 is 1.87 bits per heavy atom. The van der Waals surface area contributed by atoms with Gasteiger partial charge < -0.3 is 19.5 Å². The molecule has 1 fully saturated rings. The third kappa shape index (κ3) is 3.17. The van der Waals surface area contributed by atoms with E-state index in [0.29, 0.717) is 13.0 Å². The molecule has 2 aliphatic heterocycles. The van der Waals surface area contributed by atoms with E-state index in [1.165, 1.54) is 0 Å². The highest BCUT2D eigenvalue weighted by Crippen LogP contribution is 2.42. The lowest BCUT2D eigenvalue weighted by Crippen LogP contribution is -2.63. The van der Waals surface area contributed by atoms with Crippen molar-refractivity contribution >= 4 is 22.7 Å². The average molecular weight is 418 g/mol. The number of para-hydroxylation sites is 1. The molecule has 2 amide bonds. The molecule has 6 nitrogen and oxygen atoms in total. The van der Waals surface area contributed by atoms with Crippen molar-refractivity contribution in [2.24, 2.45) is 0 Å². The molecule has 31 heavy (non-hydrogen) atoms. The van der Waals surface area contributed by atoms with Gasteiger partial charge in [0.15, 0.2) is 0 Å². The first-order valence-corrected chi connectivity index (χ1v) is 11.0. The molecular formula is C25H27N3O3. The van der Waals surface area contributed by atoms with Crippen molar-refractivity contribution in [2.45, 2.75) is 38.3 Å². The number of nitrogens with one attached hydrogen (secondary N) is 1. The zero-order valence-electron chi connectivity index (χ0n) is 17.9. The van der Waals surface area contributed by atoms with Crippen LogP contribution in [0.2, 0.25) is 0 Å². The number of nitrogens with zero attached hydrogens (tertiary/aromatic N) is 2. The maximum absolute atomic E-state index is 13.5. The van der Waals surface area contributed by atoms with Crippen molar-refractivity contribution in [2.75, 3.05) is 20.2 Å². The number of aromatic amines is 1. The van der Waals surface area contributed by atoms with Crippen LogP contribution in [0.25, 0.3) is 10.9 Å². The maximum atomic E-state index is 13.5. The van der Waals surface area contributed by atoms with E-state index in [-0.39, 0.29) is 24.4 Å².